The molecule has 2 heterocycles. The number of amides is 1. The van der Waals surface area contributed by atoms with E-state index in [-0.39, 0.29) is 11.9 Å². The molecule has 1 atom stereocenters. The average molecular weight is 338 g/mol. The molecule has 0 saturated carbocycles. The number of halogens is 2. The lowest BCUT2D eigenvalue weighted by Gasteiger charge is -2.24. The van der Waals surface area contributed by atoms with E-state index in [9.17, 15) is 9.18 Å². The van der Waals surface area contributed by atoms with E-state index in [1.165, 1.54) is 12.1 Å². The number of nitrogens with zero attached hydrogens (tertiary/aromatic N) is 2. The van der Waals surface area contributed by atoms with Gasteiger partial charge in [0, 0.05) is 41.4 Å². The van der Waals surface area contributed by atoms with Gasteiger partial charge in [-0.25, -0.2) is 9.37 Å². The van der Waals surface area contributed by atoms with Crippen molar-refractivity contribution in [3.05, 3.63) is 52.3 Å². The molecule has 0 saturated heterocycles. The largest absolute Gasteiger partial charge is 0.347 e. The van der Waals surface area contributed by atoms with Gasteiger partial charge in [-0.3, -0.25) is 4.79 Å². The predicted octanol–water partition coefficient (Wildman–Crippen LogP) is 2.53. The summed E-state index contributed by atoms with van der Waals surface area (Å²) in [6.07, 6.45) is 5.36. The highest BCUT2D eigenvalue weighted by Gasteiger charge is 2.21. The number of aryl methyl sites for hydroxylation is 1. The van der Waals surface area contributed by atoms with E-state index in [4.69, 9.17) is 0 Å². The Morgan fingerprint density at radius 1 is 1.45 bits per heavy atom. The van der Waals surface area contributed by atoms with Crippen molar-refractivity contribution in [3.63, 3.8) is 0 Å². The van der Waals surface area contributed by atoms with E-state index < -0.39 is 5.82 Å². The van der Waals surface area contributed by atoms with Gasteiger partial charge in [0.15, 0.2) is 0 Å². The van der Waals surface area contributed by atoms with E-state index in [2.05, 4.69) is 26.2 Å². The van der Waals surface area contributed by atoms with Crippen LogP contribution in [0.2, 0.25) is 0 Å². The third-order valence-electron chi connectivity index (χ3n) is 3.40. The van der Waals surface area contributed by atoms with Crippen molar-refractivity contribution in [3.8, 4) is 0 Å². The molecule has 104 valence electrons. The molecule has 0 aliphatic carbocycles. The fraction of sp³-hybridized carbons (Fsp3) is 0.286. The molecule has 0 spiro atoms. The smallest absolute Gasteiger partial charge is 0.251 e. The van der Waals surface area contributed by atoms with Crippen LogP contribution >= 0.6 is 15.9 Å². The van der Waals surface area contributed by atoms with Gasteiger partial charge < -0.3 is 9.88 Å². The number of rotatable bonds is 2. The lowest BCUT2D eigenvalue weighted by Crippen LogP contribution is -2.40. The monoisotopic (exact) mass is 337 g/mol. The summed E-state index contributed by atoms with van der Waals surface area (Å²) in [7, 11) is 0. The van der Waals surface area contributed by atoms with Crippen molar-refractivity contribution in [2.24, 2.45) is 0 Å². The van der Waals surface area contributed by atoms with Crippen LogP contribution in [0, 0.1) is 5.82 Å². The van der Waals surface area contributed by atoms with Crippen molar-refractivity contribution in [2.75, 3.05) is 0 Å². The normalized spacial score (nSPS) is 17.6. The maximum atomic E-state index is 13.3. The van der Waals surface area contributed by atoms with Crippen LogP contribution in [-0.2, 0) is 13.0 Å². The molecule has 3 rings (SSSR count). The molecule has 1 amide bonds. The number of hydrogen-bond donors (Lipinski definition) is 1. The molecule has 20 heavy (non-hydrogen) atoms. The van der Waals surface area contributed by atoms with Crippen LogP contribution < -0.4 is 5.32 Å². The van der Waals surface area contributed by atoms with Crippen LogP contribution in [0.3, 0.4) is 0 Å². The number of carbonyl (C=O) groups excluding carboxylic acids is 1. The summed E-state index contributed by atoms with van der Waals surface area (Å²) in [5.41, 5.74) is 0.327. The summed E-state index contributed by atoms with van der Waals surface area (Å²) in [5.74, 6) is 0.368. The number of carbonyl (C=O) groups is 1. The van der Waals surface area contributed by atoms with Gasteiger partial charge in [0.1, 0.15) is 11.6 Å². The van der Waals surface area contributed by atoms with E-state index in [1.54, 1.807) is 12.3 Å². The molecule has 2 aromatic rings. The third kappa shape index (κ3) is 2.75. The van der Waals surface area contributed by atoms with Gasteiger partial charge in [0.05, 0.1) is 0 Å². The molecule has 0 bridgehead atoms. The van der Waals surface area contributed by atoms with E-state index >= 15 is 0 Å². The molecule has 1 aromatic carbocycles. The Hall–Kier alpha value is -1.69. The average Bonchev–Trinajstić information content (AvgIpc) is 2.85. The second-order valence-corrected chi connectivity index (χ2v) is 5.78. The number of hydrogen-bond acceptors (Lipinski definition) is 2. The Balaban J connectivity index is 1.71. The van der Waals surface area contributed by atoms with Crippen LogP contribution in [0.1, 0.15) is 22.6 Å². The van der Waals surface area contributed by atoms with Crippen molar-refractivity contribution in [1.29, 1.82) is 0 Å². The third-order valence-corrected chi connectivity index (χ3v) is 3.85. The Labute approximate surface area is 124 Å². The molecule has 1 aromatic heterocycles. The first-order chi connectivity index (χ1) is 9.61. The zero-order chi connectivity index (χ0) is 14.1. The zero-order valence-corrected chi connectivity index (χ0v) is 12.2. The fourth-order valence-electron chi connectivity index (χ4n) is 2.44. The Kier molecular flexibility index (Phi) is 3.56. The topological polar surface area (TPSA) is 46.9 Å². The molecule has 0 fully saturated rings. The molecule has 6 heteroatoms. The van der Waals surface area contributed by atoms with E-state index in [1.807, 2.05) is 10.8 Å². The van der Waals surface area contributed by atoms with Crippen molar-refractivity contribution in [2.45, 2.75) is 25.4 Å². The van der Waals surface area contributed by atoms with Gasteiger partial charge in [-0.2, -0.15) is 0 Å². The minimum absolute atomic E-state index is 0.0474. The highest BCUT2D eigenvalue weighted by Crippen LogP contribution is 2.17. The Morgan fingerprint density at radius 3 is 3.10 bits per heavy atom. The van der Waals surface area contributed by atoms with Crippen LogP contribution in [-0.4, -0.2) is 21.5 Å². The Morgan fingerprint density at radius 2 is 2.30 bits per heavy atom. The minimum atomic E-state index is -0.426. The molecule has 0 unspecified atom stereocenters. The zero-order valence-electron chi connectivity index (χ0n) is 10.6. The quantitative estimate of drug-likeness (QED) is 0.915. The second-order valence-electron chi connectivity index (χ2n) is 4.86. The van der Waals surface area contributed by atoms with Crippen LogP contribution in [0.25, 0.3) is 0 Å². The molecular weight excluding hydrogens is 325 g/mol. The summed E-state index contributed by atoms with van der Waals surface area (Å²) in [4.78, 5) is 16.4. The lowest BCUT2D eigenvalue weighted by molar-refractivity contribution is 0.0927. The number of benzene rings is 1. The van der Waals surface area contributed by atoms with Crippen LogP contribution in [0.15, 0.2) is 35.1 Å². The number of fused-ring (bicyclic) bond motifs is 1. The summed E-state index contributed by atoms with van der Waals surface area (Å²) >= 11 is 3.19. The first kappa shape index (κ1) is 13.3. The maximum absolute atomic E-state index is 13.3. The van der Waals surface area contributed by atoms with Gasteiger partial charge in [-0.15, -0.1) is 0 Å². The Bertz CT molecular complexity index is 635. The van der Waals surface area contributed by atoms with E-state index in [0.29, 0.717) is 16.6 Å². The predicted molar refractivity (Wildman–Crippen MR) is 75.9 cm³/mol. The van der Waals surface area contributed by atoms with Crippen molar-refractivity contribution in [1.82, 2.24) is 14.9 Å². The van der Waals surface area contributed by atoms with Gasteiger partial charge in [0.25, 0.3) is 5.91 Å². The maximum Gasteiger partial charge on any atom is 0.251 e. The summed E-state index contributed by atoms with van der Waals surface area (Å²) in [6.45, 7) is 0.706. The minimum Gasteiger partial charge on any atom is -0.347 e. The number of aromatic nitrogens is 2. The number of imidazole rings is 1. The van der Waals surface area contributed by atoms with Crippen LogP contribution in [0.5, 0.6) is 0 Å². The second kappa shape index (κ2) is 5.36. The molecule has 4 nitrogen and oxygen atoms in total. The highest BCUT2D eigenvalue weighted by atomic mass is 79.9. The standard InChI is InChI=1S/C14H13BrFN3O/c15-10-5-9(6-11(16)7-10)14(20)18-12-1-2-13-17-3-4-19(13)8-12/h3-7,12H,1-2,8H2,(H,18,20)/t12-/m1/s1. The van der Waals surface area contributed by atoms with E-state index in [0.717, 1.165) is 18.7 Å². The van der Waals surface area contributed by atoms with Gasteiger partial charge >= 0.3 is 0 Å². The molecule has 0 radical (unpaired) electrons. The van der Waals surface area contributed by atoms with Gasteiger partial charge in [-0.05, 0) is 24.6 Å². The number of nitrogens with one attached hydrogen (secondary N) is 1. The van der Waals surface area contributed by atoms with Gasteiger partial charge in [0.2, 0.25) is 0 Å². The fourth-order valence-corrected chi connectivity index (χ4v) is 2.90. The molecule has 1 N–H and O–H groups in total. The molecular formula is C14H13BrFN3O. The van der Waals surface area contributed by atoms with Gasteiger partial charge in [-0.1, -0.05) is 15.9 Å². The van der Waals surface area contributed by atoms with Crippen molar-refractivity contribution >= 4 is 21.8 Å². The first-order valence-corrected chi connectivity index (χ1v) is 7.18. The van der Waals surface area contributed by atoms with Crippen molar-refractivity contribution < 1.29 is 9.18 Å². The highest BCUT2D eigenvalue weighted by molar-refractivity contribution is 9.10. The summed E-state index contributed by atoms with van der Waals surface area (Å²) in [5, 5.41) is 2.95. The lowest BCUT2D eigenvalue weighted by atomic mass is 10.1. The van der Waals surface area contributed by atoms with Crippen LogP contribution in [0.4, 0.5) is 4.39 Å². The summed E-state index contributed by atoms with van der Waals surface area (Å²) < 4.78 is 15.9. The first-order valence-electron chi connectivity index (χ1n) is 6.39. The molecule has 1 aliphatic rings. The summed E-state index contributed by atoms with van der Waals surface area (Å²) in [6, 6.07) is 4.23. The SMILES string of the molecule is O=C(N[C@@H]1CCc2nccn2C1)c1cc(F)cc(Br)c1. The molecule has 1 aliphatic heterocycles.